The molecule has 2 aromatic carbocycles. The lowest BCUT2D eigenvalue weighted by Crippen LogP contribution is -2.28. The highest BCUT2D eigenvalue weighted by molar-refractivity contribution is 6.00. The summed E-state index contributed by atoms with van der Waals surface area (Å²) in [7, 11) is 1.65. The topological polar surface area (TPSA) is 60.7 Å². The first kappa shape index (κ1) is 20.5. The molecule has 0 fully saturated rings. The summed E-state index contributed by atoms with van der Waals surface area (Å²) in [5.74, 6) is 1.35. The predicted molar refractivity (Wildman–Crippen MR) is 116 cm³/mol. The van der Waals surface area contributed by atoms with Crippen molar-refractivity contribution in [2.45, 2.75) is 33.7 Å². The second kappa shape index (κ2) is 8.86. The van der Waals surface area contributed by atoms with Gasteiger partial charge in [-0.25, -0.2) is 0 Å². The lowest BCUT2D eigenvalue weighted by Gasteiger charge is -2.12. The number of carbonyl (C=O) groups excluding carboxylic acids is 1. The Morgan fingerprint density at radius 2 is 2.03 bits per heavy atom. The van der Waals surface area contributed by atoms with Gasteiger partial charge in [-0.15, -0.1) is 0 Å². The van der Waals surface area contributed by atoms with E-state index < -0.39 is 0 Å². The standard InChI is InChI=1S/C24H27NO4/c1-6-28-22-13-23-20(12-19(22)16(4)10-24(26)25-15(2)3)21(14-29-23)17-8-7-9-18(11-17)27-5/h7-15H,6H2,1-5H3,(H,25,26)/b16-10+. The van der Waals surface area contributed by atoms with Crippen molar-refractivity contribution < 1.29 is 18.7 Å². The molecule has 3 aromatic rings. The molecule has 152 valence electrons. The van der Waals surface area contributed by atoms with Crippen LogP contribution in [0.15, 0.2) is 53.2 Å². The number of fused-ring (bicyclic) bond motifs is 1. The number of rotatable bonds is 7. The number of allylic oxidation sites excluding steroid dienone is 1. The minimum absolute atomic E-state index is 0.0777. The zero-order valence-corrected chi connectivity index (χ0v) is 17.5. The molecule has 1 amide bonds. The molecule has 0 radical (unpaired) electrons. The van der Waals surface area contributed by atoms with Crippen LogP contribution in [0.4, 0.5) is 0 Å². The van der Waals surface area contributed by atoms with E-state index in [1.54, 1.807) is 19.4 Å². The Bertz CT molecular complexity index is 1050. The molecule has 0 aliphatic rings. The highest BCUT2D eigenvalue weighted by Crippen LogP contribution is 2.38. The number of amides is 1. The van der Waals surface area contributed by atoms with Crippen LogP contribution in [0.2, 0.25) is 0 Å². The summed E-state index contributed by atoms with van der Waals surface area (Å²) < 4.78 is 17.0. The monoisotopic (exact) mass is 393 g/mol. The molecule has 0 unspecified atom stereocenters. The quantitative estimate of drug-likeness (QED) is 0.543. The van der Waals surface area contributed by atoms with E-state index in [1.807, 2.05) is 64.1 Å². The third-order valence-electron chi connectivity index (χ3n) is 4.56. The van der Waals surface area contributed by atoms with Gasteiger partial charge in [0.15, 0.2) is 0 Å². The number of hydrogen-bond acceptors (Lipinski definition) is 4. The fraction of sp³-hybridized carbons (Fsp3) is 0.292. The smallest absolute Gasteiger partial charge is 0.244 e. The van der Waals surface area contributed by atoms with Crippen molar-refractivity contribution in [3.05, 3.63) is 54.3 Å². The molecule has 0 bridgehead atoms. The van der Waals surface area contributed by atoms with E-state index in [9.17, 15) is 4.79 Å². The Morgan fingerprint density at radius 1 is 1.24 bits per heavy atom. The van der Waals surface area contributed by atoms with Crippen LogP contribution in [0, 0.1) is 0 Å². The van der Waals surface area contributed by atoms with Gasteiger partial charge in [0.25, 0.3) is 0 Å². The second-order valence-corrected chi connectivity index (χ2v) is 7.15. The number of carbonyl (C=O) groups is 1. The van der Waals surface area contributed by atoms with E-state index in [0.29, 0.717) is 12.4 Å². The molecule has 1 aromatic heterocycles. The Hall–Kier alpha value is -3.21. The molecule has 1 N–H and O–H groups in total. The first-order valence-electron chi connectivity index (χ1n) is 9.74. The van der Waals surface area contributed by atoms with Gasteiger partial charge in [0.1, 0.15) is 17.1 Å². The van der Waals surface area contributed by atoms with Gasteiger partial charge in [-0.1, -0.05) is 12.1 Å². The van der Waals surface area contributed by atoms with Crippen molar-refractivity contribution in [2.24, 2.45) is 0 Å². The number of methoxy groups -OCH3 is 1. The summed E-state index contributed by atoms with van der Waals surface area (Å²) in [6.45, 7) is 8.24. The largest absolute Gasteiger partial charge is 0.497 e. The van der Waals surface area contributed by atoms with E-state index in [4.69, 9.17) is 13.9 Å². The Balaban J connectivity index is 2.11. The third-order valence-corrected chi connectivity index (χ3v) is 4.56. The van der Waals surface area contributed by atoms with Crippen molar-refractivity contribution in [2.75, 3.05) is 13.7 Å². The molecule has 29 heavy (non-hydrogen) atoms. The Kier molecular flexibility index (Phi) is 6.27. The van der Waals surface area contributed by atoms with E-state index in [0.717, 1.165) is 39.0 Å². The maximum atomic E-state index is 12.2. The Morgan fingerprint density at radius 3 is 2.72 bits per heavy atom. The Labute approximate surface area is 171 Å². The van der Waals surface area contributed by atoms with Crippen LogP contribution in [-0.2, 0) is 4.79 Å². The number of ether oxygens (including phenoxy) is 2. The fourth-order valence-electron chi connectivity index (χ4n) is 3.25. The predicted octanol–water partition coefficient (Wildman–Crippen LogP) is 5.44. The lowest BCUT2D eigenvalue weighted by molar-refractivity contribution is -0.116. The lowest BCUT2D eigenvalue weighted by atomic mass is 9.99. The average Bonchev–Trinajstić information content (AvgIpc) is 3.09. The summed E-state index contributed by atoms with van der Waals surface area (Å²) in [5, 5.41) is 3.84. The van der Waals surface area contributed by atoms with Crippen molar-refractivity contribution in [3.63, 3.8) is 0 Å². The van der Waals surface area contributed by atoms with Crippen LogP contribution < -0.4 is 14.8 Å². The van der Waals surface area contributed by atoms with E-state index >= 15 is 0 Å². The molecule has 0 aliphatic carbocycles. The molecule has 5 heteroatoms. The summed E-state index contributed by atoms with van der Waals surface area (Å²) in [6, 6.07) is 11.8. The fourth-order valence-corrected chi connectivity index (χ4v) is 3.25. The maximum Gasteiger partial charge on any atom is 0.244 e. The molecule has 3 rings (SSSR count). The summed E-state index contributed by atoms with van der Waals surface area (Å²) in [4.78, 5) is 12.2. The average molecular weight is 393 g/mol. The van der Waals surface area contributed by atoms with Gasteiger partial charge in [-0.05, 0) is 57.0 Å². The summed E-state index contributed by atoms with van der Waals surface area (Å²) in [5.41, 5.74) is 4.38. The van der Waals surface area contributed by atoms with Gasteiger partial charge < -0.3 is 19.2 Å². The molecule has 0 saturated heterocycles. The third kappa shape index (κ3) is 4.62. The molecule has 5 nitrogen and oxygen atoms in total. The maximum absolute atomic E-state index is 12.2. The molecular weight excluding hydrogens is 366 g/mol. The molecule has 0 saturated carbocycles. The first-order valence-corrected chi connectivity index (χ1v) is 9.74. The number of hydrogen-bond donors (Lipinski definition) is 1. The van der Waals surface area contributed by atoms with E-state index in [-0.39, 0.29) is 11.9 Å². The minimum Gasteiger partial charge on any atom is -0.497 e. The van der Waals surface area contributed by atoms with Crippen molar-refractivity contribution in [1.82, 2.24) is 5.32 Å². The highest BCUT2D eigenvalue weighted by atomic mass is 16.5. The van der Waals surface area contributed by atoms with E-state index in [2.05, 4.69) is 5.32 Å². The first-order chi connectivity index (χ1) is 13.9. The molecular formula is C24H27NO4. The van der Waals surface area contributed by atoms with Gasteiger partial charge in [0, 0.05) is 34.7 Å². The van der Waals surface area contributed by atoms with Gasteiger partial charge in [-0.3, -0.25) is 4.79 Å². The normalized spacial score (nSPS) is 11.7. The molecule has 0 spiro atoms. The number of nitrogens with one attached hydrogen (secondary N) is 1. The zero-order chi connectivity index (χ0) is 21.0. The molecule has 0 atom stereocenters. The number of furan rings is 1. The number of benzene rings is 2. The van der Waals surface area contributed by atoms with Gasteiger partial charge >= 0.3 is 0 Å². The zero-order valence-electron chi connectivity index (χ0n) is 17.5. The minimum atomic E-state index is -0.125. The summed E-state index contributed by atoms with van der Waals surface area (Å²) in [6.07, 6.45) is 3.35. The van der Waals surface area contributed by atoms with Crippen LogP contribution in [0.25, 0.3) is 27.7 Å². The van der Waals surface area contributed by atoms with Crippen LogP contribution in [0.3, 0.4) is 0 Å². The summed E-state index contributed by atoms with van der Waals surface area (Å²) >= 11 is 0. The second-order valence-electron chi connectivity index (χ2n) is 7.15. The van der Waals surface area contributed by atoms with Crippen LogP contribution >= 0.6 is 0 Å². The van der Waals surface area contributed by atoms with E-state index in [1.165, 1.54) is 0 Å². The molecule has 0 aliphatic heterocycles. The van der Waals surface area contributed by atoms with Crippen molar-refractivity contribution in [3.8, 4) is 22.6 Å². The van der Waals surface area contributed by atoms with Crippen LogP contribution in [-0.4, -0.2) is 25.7 Å². The van der Waals surface area contributed by atoms with Crippen LogP contribution in [0.1, 0.15) is 33.3 Å². The van der Waals surface area contributed by atoms with Gasteiger partial charge in [0.2, 0.25) is 5.91 Å². The SMILES string of the molecule is CCOc1cc2occ(-c3cccc(OC)c3)c2cc1/C(C)=C/C(=O)NC(C)C. The van der Waals surface area contributed by atoms with Crippen molar-refractivity contribution >= 4 is 22.4 Å². The van der Waals surface area contributed by atoms with Crippen molar-refractivity contribution in [1.29, 1.82) is 0 Å². The van der Waals surface area contributed by atoms with Gasteiger partial charge in [-0.2, -0.15) is 0 Å². The van der Waals surface area contributed by atoms with Crippen LogP contribution in [0.5, 0.6) is 11.5 Å². The van der Waals surface area contributed by atoms with Gasteiger partial charge in [0.05, 0.1) is 20.0 Å². The highest BCUT2D eigenvalue weighted by Gasteiger charge is 2.15. The molecule has 1 heterocycles.